The third kappa shape index (κ3) is 2.10. The normalized spacial score (nSPS) is 21.8. The Balaban J connectivity index is 2.84. The van der Waals surface area contributed by atoms with Crippen molar-refractivity contribution in [3.63, 3.8) is 0 Å². The molecule has 0 aromatic heterocycles. The van der Waals surface area contributed by atoms with E-state index in [1.807, 2.05) is 0 Å². The second-order valence-electron chi connectivity index (χ2n) is 3.74. The summed E-state index contributed by atoms with van der Waals surface area (Å²) in [7, 11) is 0. The molecule has 0 spiro atoms. The summed E-state index contributed by atoms with van der Waals surface area (Å²) in [6.45, 7) is 0.594. The molecule has 0 aromatic carbocycles. The minimum Gasteiger partial charge on any atom is -0.311 e. The maximum absolute atomic E-state index is 12.7. The summed E-state index contributed by atoms with van der Waals surface area (Å²) >= 11 is 0. The van der Waals surface area contributed by atoms with Crippen LogP contribution in [0.1, 0.15) is 6.92 Å². The van der Waals surface area contributed by atoms with Crippen molar-refractivity contribution in [1.82, 2.24) is 5.32 Å². The Morgan fingerprint density at radius 3 is 1.69 bits per heavy atom. The van der Waals surface area contributed by atoms with Crippen LogP contribution in [0.5, 0.6) is 0 Å². The van der Waals surface area contributed by atoms with Gasteiger partial charge in [0.1, 0.15) is 0 Å². The fraction of sp³-hybridized carbons (Fsp3) is 1.00. The van der Waals surface area contributed by atoms with E-state index in [2.05, 4.69) is 10.1 Å². The summed E-state index contributed by atoms with van der Waals surface area (Å²) in [6, 6.07) is 0. The van der Waals surface area contributed by atoms with Crippen LogP contribution in [0.3, 0.4) is 0 Å². The Labute approximate surface area is 85.7 Å². The van der Waals surface area contributed by atoms with E-state index in [4.69, 9.17) is 0 Å². The fourth-order valence-corrected chi connectivity index (χ4v) is 1.09. The van der Waals surface area contributed by atoms with Crippen molar-refractivity contribution in [1.29, 1.82) is 0 Å². The van der Waals surface area contributed by atoms with Crippen LogP contribution in [0, 0.1) is 0 Å². The molecule has 1 saturated heterocycles. The van der Waals surface area contributed by atoms with Crippen molar-refractivity contribution in [2.45, 2.75) is 30.7 Å². The Hall–Kier alpha value is -0.570. The summed E-state index contributed by atoms with van der Waals surface area (Å²) in [5, 5.41) is 2.43. The number of hydrogen-bond donors (Lipinski definition) is 1. The second-order valence-corrected chi connectivity index (χ2v) is 3.74. The molecule has 16 heavy (non-hydrogen) atoms. The van der Waals surface area contributed by atoms with Crippen LogP contribution in [0.15, 0.2) is 0 Å². The number of rotatable bonds is 3. The third-order valence-corrected chi connectivity index (χ3v) is 2.09. The van der Waals surface area contributed by atoms with Gasteiger partial charge >= 0.3 is 18.2 Å². The zero-order valence-electron chi connectivity index (χ0n) is 7.97. The first-order chi connectivity index (χ1) is 6.91. The molecule has 0 unspecified atom stereocenters. The molecule has 96 valence electrons. The minimum atomic E-state index is -6.36. The van der Waals surface area contributed by atoms with Crippen LogP contribution >= 0.6 is 0 Å². The number of alkyl halides is 7. The molecule has 1 aliphatic rings. The zero-order valence-corrected chi connectivity index (χ0v) is 7.97. The van der Waals surface area contributed by atoms with Crippen molar-refractivity contribution in [2.75, 3.05) is 13.1 Å². The van der Waals surface area contributed by atoms with Crippen LogP contribution in [-0.2, 0) is 4.74 Å². The number of nitrogens with one attached hydrogen (secondary N) is 1. The van der Waals surface area contributed by atoms with Crippen molar-refractivity contribution in [2.24, 2.45) is 0 Å². The van der Waals surface area contributed by atoms with Crippen LogP contribution in [0.2, 0.25) is 0 Å². The highest BCUT2D eigenvalue weighted by molar-refractivity contribution is 4.95. The molecule has 0 radical (unpaired) electrons. The van der Waals surface area contributed by atoms with Crippen LogP contribution < -0.4 is 5.32 Å². The van der Waals surface area contributed by atoms with E-state index in [9.17, 15) is 30.7 Å². The molecule has 0 aromatic rings. The summed E-state index contributed by atoms with van der Waals surface area (Å²) < 4.78 is 88.8. The van der Waals surface area contributed by atoms with Crippen molar-refractivity contribution in [3.05, 3.63) is 0 Å². The van der Waals surface area contributed by atoms with Crippen molar-refractivity contribution >= 4 is 0 Å². The van der Waals surface area contributed by atoms with E-state index < -0.39 is 23.8 Å². The maximum atomic E-state index is 12.7. The van der Waals surface area contributed by atoms with Gasteiger partial charge in [-0.25, -0.2) is 0 Å². The smallest absolute Gasteiger partial charge is 0.311 e. The maximum Gasteiger partial charge on any atom is 0.462 e. The van der Waals surface area contributed by atoms with Gasteiger partial charge in [0.05, 0.1) is 5.60 Å². The highest BCUT2D eigenvalue weighted by Gasteiger charge is 2.75. The van der Waals surface area contributed by atoms with E-state index in [0.717, 1.165) is 6.92 Å². The molecule has 1 rings (SSSR count). The lowest BCUT2D eigenvalue weighted by molar-refractivity contribution is -0.443. The molecule has 1 aliphatic heterocycles. The van der Waals surface area contributed by atoms with Gasteiger partial charge < -0.3 is 10.1 Å². The first-order valence-corrected chi connectivity index (χ1v) is 4.15. The first-order valence-electron chi connectivity index (χ1n) is 4.15. The van der Waals surface area contributed by atoms with E-state index in [1.54, 1.807) is 0 Å². The van der Waals surface area contributed by atoms with Crippen LogP contribution in [0.25, 0.3) is 0 Å². The first kappa shape index (κ1) is 13.5. The topological polar surface area (TPSA) is 21.3 Å². The Bertz CT molecular complexity index is 270. The van der Waals surface area contributed by atoms with E-state index in [0.29, 0.717) is 0 Å². The standard InChI is InChI=1S/C7H8F7NO/c1-4(2-15-3-4)16-7(13,14)5(8,9)6(10,11)12/h15H,2-3H2,1H3. The summed E-state index contributed by atoms with van der Waals surface area (Å²) in [6.07, 6.45) is -11.9. The molecule has 2 nitrogen and oxygen atoms in total. The largest absolute Gasteiger partial charge is 0.462 e. The van der Waals surface area contributed by atoms with E-state index in [-0.39, 0.29) is 13.1 Å². The van der Waals surface area contributed by atoms with Gasteiger partial charge in [0.25, 0.3) is 0 Å². The highest BCUT2D eigenvalue weighted by Crippen LogP contribution is 2.48. The lowest BCUT2D eigenvalue weighted by Gasteiger charge is -2.42. The number of hydrogen-bond acceptors (Lipinski definition) is 2. The SMILES string of the molecule is CC1(OC(F)(F)C(F)(F)C(F)(F)F)CNC1. The minimum absolute atomic E-state index is 0.212. The molecular weight excluding hydrogens is 247 g/mol. The lowest BCUT2D eigenvalue weighted by atomic mass is 10.00. The average molecular weight is 255 g/mol. The molecule has 0 atom stereocenters. The molecule has 1 fully saturated rings. The Kier molecular flexibility index (Phi) is 2.92. The van der Waals surface area contributed by atoms with Gasteiger partial charge in [-0.3, -0.25) is 0 Å². The molecular formula is C7H8F7NO. The predicted octanol–water partition coefficient (Wildman–Crippen LogP) is 2.16. The van der Waals surface area contributed by atoms with Gasteiger partial charge in [-0.2, -0.15) is 30.7 Å². The van der Waals surface area contributed by atoms with Crippen LogP contribution in [-0.4, -0.2) is 36.9 Å². The van der Waals surface area contributed by atoms with Gasteiger partial charge in [0.2, 0.25) is 0 Å². The summed E-state index contributed by atoms with van der Waals surface area (Å²) in [4.78, 5) is 0. The zero-order chi connectivity index (χ0) is 12.8. The quantitative estimate of drug-likeness (QED) is 0.780. The summed E-state index contributed by atoms with van der Waals surface area (Å²) in [5.41, 5.74) is -1.71. The Morgan fingerprint density at radius 2 is 1.44 bits per heavy atom. The molecule has 0 saturated carbocycles. The van der Waals surface area contributed by atoms with Crippen LogP contribution in [0.4, 0.5) is 30.7 Å². The number of halogens is 7. The number of ether oxygens (including phenoxy) is 1. The average Bonchev–Trinajstić information content (AvgIpc) is 1.98. The predicted molar refractivity (Wildman–Crippen MR) is 38.3 cm³/mol. The molecule has 9 heteroatoms. The Morgan fingerprint density at radius 1 is 1.00 bits per heavy atom. The van der Waals surface area contributed by atoms with Gasteiger partial charge in [0, 0.05) is 13.1 Å². The second kappa shape index (κ2) is 3.46. The fourth-order valence-electron chi connectivity index (χ4n) is 1.09. The van der Waals surface area contributed by atoms with E-state index in [1.165, 1.54) is 0 Å². The summed E-state index contributed by atoms with van der Waals surface area (Å²) in [5.74, 6) is -6.21. The van der Waals surface area contributed by atoms with Gasteiger partial charge in [0.15, 0.2) is 0 Å². The molecule has 0 aliphatic carbocycles. The van der Waals surface area contributed by atoms with Gasteiger partial charge in [-0.05, 0) is 6.92 Å². The molecule has 0 bridgehead atoms. The monoisotopic (exact) mass is 255 g/mol. The van der Waals surface area contributed by atoms with Gasteiger partial charge in [-0.15, -0.1) is 0 Å². The lowest BCUT2D eigenvalue weighted by Crippen LogP contribution is -2.65. The third-order valence-electron chi connectivity index (χ3n) is 2.09. The molecule has 1 N–H and O–H groups in total. The molecule has 1 heterocycles. The highest BCUT2D eigenvalue weighted by atomic mass is 19.4. The van der Waals surface area contributed by atoms with E-state index >= 15 is 0 Å². The van der Waals surface area contributed by atoms with Gasteiger partial charge in [-0.1, -0.05) is 0 Å². The van der Waals surface area contributed by atoms with Crippen molar-refractivity contribution < 1.29 is 35.5 Å². The molecule has 0 amide bonds. The van der Waals surface area contributed by atoms with Crippen molar-refractivity contribution in [3.8, 4) is 0 Å².